The summed E-state index contributed by atoms with van der Waals surface area (Å²) in [5.41, 5.74) is 0. The Morgan fingerprint density at radius 3 is 2.05 bits per heavy atom. The highest BCUT2D eigenvalue weighted by Crippen LogP contribution is 2.08. The van der Waals surface area contributed by atoms with Gasteiger partial charge in [0.05, 0.1) is 7.11 Å². The second-order valence-electron chi connectivity index (χ2n) is 6.09. The average Bonchev–Trinajstić information content (AvgIpc) is 2.34. The lowest BCUT2D eigenvalue weighted by Crippen LogP contribution is -2.50. The predicted molar refractivity (Wildman–Crippen MR) is 80.5 cm³/mol. The average molecular weight is 286 g/mol. The number of hydrogen-bond acceptors (Lipinski definition) is 3. The number of esters is 1. The Balaban J connectivity index is 4.15. The summed E-state index contributed by atoms with van der Waals surface area (Å²) in [5.74, 6) is 0.257. The molecule has 0 aromatic carbocycles. The summed E-state index contributed by atoms with van der Waals surface area (Å²) in [6, 6.07) is -0.826. The normalized spacial score (nSPS) is 14.0. The van der Waals surface area contributed by atoms with Gasteiger partial charge in [-0.2, -0.15) is 0 Å². The Kier molecular flexibility index (Phi) is 9.01. The molecule has 0 aromatic heterocycles. The molecule has 2 amide bonds. The van der Waals surface area contributed by atoms with E-state index < -0.39 is 12.0 Å². The monoisotopic (exact) mass is 286 g/mol. The fourth-order valence-electron chi connectivity index (χ4n) is 1.94. The van der Waals surface area contributed by atoms with E-state index in [1.807, 2.05) is 20.8 Å². The van der Waals surface area contributed by atoms with E-state index in [4.69, 9.17) is 0 Å². The van der Waals surface area contributed by atoms with Crippen molar-refractivity contribution in [3.63, 3.8) is 0 Å². The molecular formula is C15H30N2O3. The van der Waals surface area contributed by atoms with E-state index in [0.29, 0.717) is 5.92 Å². The van der Waals surface area contributed by atoms with E-state index in [-0.39, 0.29) is 18.0 Å². The maximum atomic E-state index is 11.9. The summed E-state index contributed by atoms with van der Waals surface area (Å²) in [4.78, 5) is 23.4. The summed E-state index contributed by atoms with van der Waals surface area (Å²) in [6.45, 7) is 10.1. The molecule has 118 valence electrons. The van der Waals surface area contributed by atoms with Crippen LogP contribution < -0.4 is 10.6 Å². The van der Waals surface area contributed by atoms with E-state index in [1.165, 1.54) is 7.11 Å². The van der Waals surface area contributed by atoms with Crippen LogP contribution in [0.15, 0.2) is 0 Å². The first-order valence-corrected chi connectivity index (χ1v) is 7.42. The molecule has 0 heterocycles. The molecule has 5 nitrogen and oxygen atoms in total. The van der Waals surface area contributed by atoms with Crippen LogP contribution in [0.5, 0.6) is 0 Å². The van der Waals surface area contributed by atoms with Crippen molar-refractivity contribution < 1.29 is 14.3 Å². The van der Waals surface area contributed by atoms with Gasteiger partial charge in [0.2, 0.25) is 0 Å². The van der Waals surface area contributed by atoms with Gasteiger partial charge >= 0.3 is 12.0 Å². The zero-order chi connectivity index (χ0) is 15.7. The summed E-state index contributed by atoms with van der Waals surface area (Å²) in [7, 11) is 1.33. The predicted octanol–water partition coefficient (Wildman–Crippen LogP) is 2.70. The molecule has 0 aliphatic heterocycles. The molecule has 0 saturated heterocycles. The third-order valence-corrected chi connectivity index (χ3v) is 3.20. The second-order valence-corrected chi connectivity index (χ2v) is 6.09. The highest BCUT2D eigenvalue weighted by atomic mass is 16.5. The van der Waals surface area contributed by atoms with Crippen molar-refractivity contribution in [2.24, 2.45) is 11.8 Å². The van der Waals surface area contributed by atoms with Crippen LogP contribution >= 0.6 is 0 Å². The molecule has 2 atom stereocenters. The topological polar surface area (TPSA) is 67.4 Å². The van der Waals surface area contributed by atoms with Crippen molar-refractivity contribution in [3.05, 3.63) is 0 Å². The largest absolute Gasteiger partial charge is 0.467 e. The molecule has 0 rings (SSSR count). The van der Waals surface area contributed by atoms with Crippen LogP contribution in [0.2, 0.25) is 0 Å². The molecule has 0 aliphatic carbocycles. The Morgan fingerprint density at radius 1 is 1.00 bits per heavy atom. The van der Waals surface area contributed by atoms with Crippen LogP contribution in [0, 0.1) is 11.8 Å². The molecule has 2 N–H and O–H groups in total. The van der Waals surface area contributed by atoms with Crippen molar-refractivity contribution in [3.8, 4) is 0 Å². The lowest BCUT2D eigenvalue weighted by atomic mass is 10.0. The van der Waals surface area contributed by atoms with Crippen LogP contribution in [0.4, 0.5) is 4.79 Å². The number of methoxy groups -OCH3 is 1. The summed E-state index contributed by atoms with van der Waals surface area (Å²) in [5, 5.41) is 5.53. The van der Waals surface area contributed by atoms with E-state index in [2.05, 4.69) is 29.2 Å². The van der Waals surface area contributed by atoms with Gasteiger partial charge < -0.3 is 15.4 Å². The Bertz CT molecular complexity index is 303. The number of nitrogens with one attached hydrogen (secondary N) is 2. The van der Waals surface area contributed by atoms with E-state index in [9.17, 15) is 9.59 Å². The number of carbonyl (C=O) groups is 2. The third kappa shape index (κ3) is 8.02. The number of carbonyl (C=O) groups excluding carboxylic acids is 2. The molecule has 0 radical (unpaired) electrons. The number of amides is 2. The molecule has 0 aliphatic rings. The van der Waals surface area contributed by atoms with Gasteiger partial charge in [-0.1, -0.05) is 40.5 Å². The van der Waals surface area contributed by atoms with Gasteiger partial charge in [0.1, 0.15) is 6.04 Å². The minimum absolute atomic E-state index is 0.00977. The molecule has 0 spiro atoms. The highest BCUT2D eigenvalue weighted by Gasteiger charge is 2.25. The van der Waals surface area contributed by atoms with Crippen LogP contribution in [0.25, 0.3) is 0 Å². The van der Waals surface area contributed by atoms with Gasteiger partial charge in [-0.25, -0.2) is 9.59 Å². The van der Waals surface area contributed by atoms with Crippen molar-refractivity contribution in [1.29, 1.82) is 0 Å². The van der Waals surface area contributed by atoms with E-state index in [1.54, 1.807) is 0 Å². The Hall–Kier alpha value is -1.26. The van der Waals surface area contributed by atoms with Crippen LogP contribution in [0.1, 0.15) is 53.9 Å². The zero-order valence-electron chi connectivity index (χ0n) is 13.7. The first kappa shape index (κ1) is 18.7. The summed E-state index contributed by atoms with van der Waals surface area (Å²) >= 11 is 0. The maximum Gasteiger partial charge on any atom is 0.328 e. The lowest BCUT2D eigenvalue weighted by molar-refractivity contribution is -0.143. The first-order valence-electron chi connectivity index (χ1n) is 7.42. The minimum atomic E-state index is -0.608. The summed E-state index contributed by atoms with van der Waals surface area (Å²) in [6.07, 6.45) is 3.18. The molecular weight excluding hydrogens is 256 g/mol. The highest BCUT2D eigenvalue weighted by molar-refractivity contribution is 5.83. The van der Waals surface area contributed by atoms with Gasteiger partial charge in [-0.3, -0.25) is 0 Å². The third-order valence-electron chi connectivity index (χ3n) is 3.20. The quantitative estimate of drug-likeness (QED) is 0.674. The standard InChI is InChI=1S/C15H30N2O3/c1-10(2)8-7-9-12(5)16-15(19)17-13(11(3)4)14(18)20-6/h10-13H,7-9H2,1-6H3,(H2,16,17,19)/t12-,13+/m1/s1. The van der Waals surface area contributed by atoms with Gasteiger partial charge in [0.15, 0.2) is 0 Å². The van der Waals surface area contributed by atoms with Crippen LogP contribution in [-0.2, 0) is 9.53 Å². The fourth-order valence-corrected chi connectivity index (χ4v) is 1.94. The molecule has 0 bridgehead atoms. The minimum Gasteiger partial charge on any atom is -0.467 e. The molecule has 0 saturated carbocycles. The molecule has 5 heteroatoms. The molecule has 0 fully saturated rings. The van der Waals surface area contributed by atoms with Gasteiger partial charge in [0.25, 0.3) is 0 Å². The maximum absolute atomic E-state index is 11.9. The summed E-state index contributed by atoms with van der Waals surface area (Å²) < 4.78 is 4.69. The molecule has 0 aromatic rings. The Morgan fingerprint density at radius 2 is 1.60 bits per heavy atom. The number of ether oxygens (including phenoxy) is 1. The van der Waals surface area contributed by atoms with Crippen molar-refractivity contribution >= 4 is 12.0 Å². The van der Waals surface area contributed by atoms with Gasteiger partial charge in [-0.15, -0.1) is 0 Å². The van der Waals surface area contributed by atoms with Gasteiger partial charge in [0, 0.05) is 6.04 Å². The smallest absolute Gasteiger partial charge is 0.328 e. The fraction of sp³-hybridized carbons (Fsp3) is 0.867. The number of urea groups is 1. The van der Waals surface area contributed by atoms with Crippen LogP contribution in [-0.4, -0.2) is 31.2 Å². The van der Waals surface area contributed by atoms with E-state index >= 15 is 0 Å². The van der Waals surface area contributed by atoms with Crippen LogP contribution in [0.3, 0.4) is 0 Å². The van der Waals surface area contributed by atoms with Crippen molar-refractivity contribution in [2.75, 3.05) is 7.11 Å². The van der Waals surface area contributed by atoms with E-state index in [0.717, 1.165) is 19.3 Å². The molecule has 20 heavy (non-hydrogen) atoms. The second kappa shape index (κ2) is 9.61. The number of hydrogen-bond donors (Lipinski definition) is 2. The SMILES string of the molecule is COC(=O)[C@@H](NC(=O)N[C@H](C)CCCC(C)C)C(C)C. The van der Waals surface area contributed by atoms with Crippen molar-refractivity contribution in [2.45, 2.75) is 66.0 Å². The first-order chi connectivity index (χ1) is 9.27. The molecule has 0 unspecified atom stereocenters. The Labute approximate surface area is 122 Å². The lowest BCUT2D eigenvalue weighted by Gasteiger charge is -2.22. The zero-order valence-corrected chi connectivity index (χ0v) is 13.7. The van der Waals surface area contributed by atoms with Gasteiger partial charge in [-0.05, 0) is 25.2 Å². The number of rotatable bonds is 8. The van der Waals surface area contributed by atoms with Crippen molar-refractivity contribution in [1.82, 2.24) is 10.6 Å².